The Morgan fingerprint density at radius 2 is 1.95 bits per heavy atom. The summed E-state index contributed by atoms with van der Waals surface area (Å²) in [6, 6.07) is 10.6. The van der Waals surface area contributed by atoms with E-state index in [1.54, 1.807) is 6.20 Å². The fourth-order valence-electron chi connectivity index (χ4n) is 3.11. The number of rotatable bonds is 3. The Balaban J connectivity index is 1.47. The van der Waals surface area contributed by atoms with Gasteiger partial charge in [-0.05, 0) is 18.4 Å². The van der Waals surface area contributed by atoms with E-state index < -0.39 is 0 Å². The molecule has 1 aliphatic heterocycles. The molecule has 1 aliphatic carbocycles. The molecule has 2 heterocycles. The topological polar surface area (TPSA) is 38.1 Å². The molecule has 1 aromatic carbocycles. The van der Waals surface area contributed by atoms with Gasteiger partial charge in [0.15, 0.2) is 0 Å². The Bertz CT molecular complexity index is 610. The van der Waals surface area contributed by atoms with E-state index in [-0.39, 0.29) is 5.41 Å². The number of likely N-dealkylation sites (tertiary alicyclic amines) is 1. The number of carbonyl (C=O) groups is 1. The van der Waals surface area contributed by atoms with Crippen molar-refractivity contribution in [1.82, 2.24) is 14.5 Å². The number of carbonyl (C=O) groups excluding carboxylic acids is 1. The molecule has 0 unspecified atom stereocenters. The van der Waals surface area contributed by atoms with Crippen LogP contribution in [0.4, 0.5) is 0 Å². The summed E-state index contributed by atoms with van der Waals surface area (Å²) in [6.07, 6.45) is 7.56. The molecule has 102 valence electrons. The van der Waals surface area contributed by atoms with Crippen LogP contribution >= 0.6 is 0 Å². The van der Waals surface area contributed by atoms with Gasteiger partial charge in [0.05, 0.1) is 17.8 Å². The lowest BCUT2D eigenvalue weighted by atomic mass is 9.92. The molecule has 0 radical (unpaired) electrons. The average molecular weight is 267 g/mol. The minimum absolute atomic E-state index is 0.221. The molecule has 2 fully saturated rings. The summed E-state index contributed by atoms with van der Waals surface area (Å²) in [5, 5.41) is 0. The lowest BCUT2D eigenvalue weighted by Gasteiger charge is -2.41. The number of nitrogens with zero attached hydrogens (tertiary/aromatic N) is 3. The predicted octanol–water partition coefficient (Wildman–Crippen LogP) is 2.00. The summed E-state index contributed by atoms with van der Waals surface area (Å²) in [5.41, 5.74) is 0.956. The van der Waals surface area contributed by atoms with Crippen LogP contribution in [0.1, 0.15) is 24.4 Å². The zero-order valence-electron chi connectivity index (χ0n) is 11.3. The van der Waals surface area contributed by atoms with Gasteiger partial charge in [-0.1, -0.05) is 30.3 Å². The average Bonchev–Trinajstić information content (AvgIpc) is 3.09. The summed E-state index contributed by atoms with van der Waals surface area (Å²) in [7, 11) is 0. The predicted molar refractivity (Wildman–Crippen MR) is 75.2 cm³/mol. The van der Waals surface area contributed by atoms with E-state index in [0.29, 0.717) is 11.9 Å². The molecule has 4 heteroatoms. The molecule has 0 atom stereocenters. The van der Waals surface area contributed by atoms with E-state index in [1.807, 2.05) is 35.6 Å². The number of imidazole rings is 1. The molecule has 1 saturated heterocycles. The van der Waals surface area contributed by atoms with Crippen LogP contribution in [0.2, 0.25) is 0 Å². The fourth-order valence-corrected chi connectivity index (χ4v) is 3.11. The lowest BCUT2D eigenvalue weighted by molar-refractivity contribution is -0.139. The fraction of sp³-hybridized carbons (Fsp3) is 0.375. The van der Waals surface area contributed by atoms with E-state index in [4.69, 9.17) is 0 Å². The van der Waals surface area contributed by atoms with Gasteiger partial charge < -0.3 is 9.47 Å². The largest absolute Gasteiger partial charge is 0.338 e. The van der Waals surface area contributed by atoms with Crippen LogP contribution in [0.3, 0.4) is 0 Å². The van der Waals surface area contributed by atoms with Crippen LogP contribution < -0.4 is 0 Å². The maximum Gasteiger partial charge on any atom is 0.233 e. The van der Waals surface area contributed by atoms with Crippen molar-refractivity contribution in [3.8, 4) is 0 Å². The van der Waals surface area contributed by atoms with E-state index >= 15 is 0 Å². The first-order valence-corrected chi connectivity index (χ1v) is 7.12. The molecule has 2 aromatic rings. The Morgan fingerprint density at radius 1 is 1.20 bits per heavy atom. The number of aromatic nitrogens is 2. The number of benzene rings is 1. The SMILES string of the molecule is O=C(N1CC(n2ccnc2)C1)C1(c2ccccc2)CC1. The van der Waals surface area contributed by atoms with Gasteiger partial charge in [0.1, 0.15) is 0 Å². The highest BCUT2D eigenvalue weighted by Gasteiger charge is 2.54. The van der Waals surface area contributed by atoms with E-state index in [9.17, 15) is 4.79 Å². The zero-order chi connectivity index (χ0) is 13.6. The minimum Gasteiger partial charge on any atom is -0.338 e. The second-order valence-corrected chi connectivity index (χ2v) is 5.82. The standard InChI is InChI=1S/C16H17N3O/c20-15(16(6-7-16)13-4-2-1-3-5-13)19-10-14(11-19)18-9-8-17-12-18/h1-5,8-9,12,14H,6-7,10-11H2. The van der Waals surface area contributed by atoms with Crippen LogP contribution in [-0.2, 0) is 10.2 Å². The van der Waals surface area contributed by atoms with E-state index in [2.05, 4.69) is 21.7 Å². The van der Waals surface area contributed by atoms with Crippen LogP contribution in [-0.4, -0.2) is 33.4 Å². The first kappa shape index (κ1) is 11.7. The first-order chi connectivity index (χ1) is 9.79. The minimum atomic E-state index is -0.221. The summed E-state index contributed by atoms with van der Waals surface area (Å²) in [5.74, 6) is 0.306. The number of hydrogen-bond donors (Lipinski definition) is 0. The highest BCUT2D eigenvalue weighted by molar-refractivity contribution is 5.91. The number of hydrogen-bond acceptors (Lipinski definition) is 2. The maximum absolute atomic E-state index is 12.7. The maximum atomic E-state index is 12.7. The summed E-state index contributed by atoms with van der Waals surface area (Å²) in [6.45, 7) is 1.62. The van der Waals surface area contributed by atoms with Gasteiger partial charge in [-0.15, -0.1) is 0 Å². The summed E-state index contributed by atoms with van der Waals surface area (Å²) in [4.78, 5) is 18.8. The molecule has 0 bridgehead atoms. The summed E-state index contributed by atoms with van der Waals surface area (Å²) >= 11 is 0. The van der Waals surface area contributed by atoms with Crippen molar-refractivity contribution in [2.24, 2.45) is 0 Å². The van der Waals surface area contributed by atoms with E-state index in [1.165, 1.54) is 5.56 Å². The van der Waals surface area contributed by atoms with Gasteiger partial charge in [0, 0.05) is 25.5 Å². The van der Waals surface area contributed by atoms with Crippen molar-refractivity contribution < 1.29 is 4.79 Å². The Hall–Kier alpha value is -2.10. The molecule has 4 rings (SSSR count). The van der Waals surface area contributed by atoms with Crippen molar-refractivity contribution in [1.29, 1.82) is 0 Å². The van der Waals surface area contributed by atoms with Crippen molar-refractivity contribution in [2.45, 2.75) is 24.3 Å². The molecule has 0 spiro atoms. The Labute approximate surface area is 118 Å². The second-order valence-electron chi connectivity index (χ2n) is 5.82. The Kier molecular flexibility index (Phi) is 2.46. The molecule has 1 saturated carbocycles. The molecular formula is C16H17N3O. The van der Waals surface area contributed by atoms with Crippen LogP contribution in [0.5, 0.6) is 0 Å². The summed E-state index contributed by atoms with van der Waals surface area (Å²) < 4.78 is 2.09. The van der Waals surface area contributed by atoms with E-state index in [0.717, 1.165) is 25.9 Å². The normalized spacial score (nSPS) is 20.5. The third-order valence-electron chi connectivity index (χ3n) is 4.58. The molecule has 4 nitrogen and oxygen atoms in total. The third-order valence-corrected chi connectivity index (χ3v) is 4.58. The molecular weight excluding hydrogens is 250 g/mol. The molecule has 1 aromatic heterocycles. The second kappa shape index (κ2) is 4.20. The van der Waals surface area contributed by atoms with Gasteiger partial charge in [-0.25, -0.2) is 4.98 Å². The van der Waals surface area contributed by atoms with Gasteiger partial charge in [0.25, 0.3) is 0 Å². The van der Waals surface area contributed by atoms with Gasteiger partial charge in [0.2, 0.25) is 5.91 Å². The van der Waals surface area contributed by atoms with Gasteiger partial charge >= 0.3 is 0 Å². The van der Waals surface area contributed by atoms with Crippen molar-refractivity contribution in [3.05, 3.63) is 54.6 Å². The smallest absolute Gasteiger partial charge is 0.233 e. The molecule has 20 heavy (non-hydrogen) atoms. The van der Waals surface area contributed by atoms with Gasteiger partial charge in [-0.3, -0.25) is 4.79 Å². The van der Waals surface area contributed by atoms with Crippen molar-refractivity contribution >= 4 is 5.91 Å². The lowest BCUT2D eigenvalue weighted by Crippen LogP contribution is -2.53. The third kappa shape index (κ3) is 1.68. The quantitative estimate of drug-likeness (QED) is 0.853. The molecule has 2 aliphatic rings. The molecule has 0 N–H and O–H groups in total. The first-order valence-electron chi connectivity index (χ1n) is 7.12. The monoisotopic (exact) mass is 267 g/mol. The van der Waals surface area contributed by atoms with Crippen LogP contribution in [0.25, 0.3) is 0 Å². The van der Waals surface area contributed by atoms with Gasteiger partial charge in [-0.2, -0.15) is 0 Å². The molecule has 1 amide bonds. The zero-order valence-corrected chi connectivity index (χ0v) is 11.3. The number of amides is 1. The van der Waals surface area contributed by atoms with Crippen LogP contribution in [0.15, 0.2) is 49.1 Å². The van der Waals surface area contributed by atoms with Crippen molar-refractivity contribution in [2.75, 3.05) is 13.1 Å². The highest BCUT2D eigenvalue weighted by atomic mass is 16.2. The Morgan fingerprint density at radius 3 is 2.55 bits per heavy atom. The van der Waals surface area contributed by atoms with Crippen LogP contribution in [0, 0.1) is 0 Å². The van der Waals surface area contributed by atoms with Crippen molar-refractivity contribution in [3.63, 3.8) is 0 Å². The highest BCUT2D eigenvalue weighted by Crippen LogP contribution is 2.50.